The smallest absolute Gasteiger partial charge is 0.236 e. The molecule has 1 aromatic carbocycles. The summed E-state index contributed by atoms with van der Waals surface area (Å²) in [4.78, 5) is 12.4. The second-order valence-electron chi connectivity index (χ2n) is 4.76. The third-order valence-electron chi connectivity index (χ3n) is 3.00. The van der Waals surface area contributed by atoms with Gasteiger partial charge >= 0.3 is 0 Å². The number of hydrogen-bond acceptors (Lipinski definition) is 3. The van der Waals surface area contributed by atoms with Crippen LogP contribution in [0.4, 0.5) is 5.69 Å². The van der Waals surface area contributed by atoms with Gasteiger partial charge in [-0.1, -0.05) is 6.07 Å². The van der Waals surface area contributed by atoms with Crippen LogP contribution in [0.2, 0.25) is 0 Å². The Hall–Kier alpha value is -1.36. The number of benzene rings is 1. The summed E-state index contributed by atoms with van der Waals surface area (Å²) in [7, 11) is -1.41. The SMILES string of the molecule is Cc1ccc(N)c(S(=O)C(C)C(=O)NC2CC2)c1. The Morgan fingerprint density at radius 1 is 1.50 bits per heavy atom. The molecule has 98 valence electrons. The van der Waals surface area contributed by atoms with Gasteiger partial charge in [0.1, 0.15) is 5.25 Å². The van der Waals surface area contributed by atoms with Crippen molar-refractivity contribution in [2.45, 2.75) is 42.9 Å². The van der Waals surface area contributed by atoms with Crippen LogP contribution in [0.25, 0.3) is 0 Å². The number of carbonyl (C=O) groups excluding carboxylic acids is 1. The van der Waals surface area contributed by atoms with E-state index in [0.29, 0.717) is 10.6 Å². The van der Waals surface area contributed by atoms with Gasteiger partial charge < -0.3 is 11.1 Å². The molecule has 0 heterocycles. The first-order valence-corrected chi connectivity index (χ1v) is 7.27. The van der Waals surface area contributed by atoms with Crippen molar-refractivity contribution >= 4 is 22.4 Å². The number of nitrogens with one attached hydrogen (secondary N) is 1. The molecular formula is C13H18N2O2S. The second-order valence-corrected chi connectivity index (χ2v) is 6.51. The molecule has 0 spiro atoms. The molecule has 0 aliphatic heterocycles. The minimum absolute atomic E-state index is 0.156. The zero-order valence-electron chi connectivity index (χ0n) is 10.6. The fourth-order valence-corrected chi connectivity index (χ4v) is 2.90. The summed E-state index contributed by atoms with van der Waals surface area (Å²) in [5.74, 6) is -0.156. The molecule has 4 nitrogen and oxygen atoms in total. The van der Waals surface area contributed by atoms with Crippen molar-refractivity contribution in [1.82, 2.24) is 5.32 Å². The zero-order valence-corrected chi connectivity index (χ0v) is 11.4. The van der Waals surface area contributed by atoms with Crippen LogP contribution in [-0.2, 0) is 15.6 Å². The lowest BCUT2D eigenvalue weighted by Crippen LogP contribution is -2.36. The van der Waals surface area contributed by atoms with Gasteiger partial charge in [-0.05, 0) is 44.4 Å². The molecule has 18 heavy (non-hydrogen) atoms. The standard InChI is InChI=1S/C13H18N2O2S/c1-8-3-6-11(14)12(7-8)18(17)9(2)13(16)15-10-4-5-10/h3,6-7,9-10H,4-5,14H2,1-2H3,(H,15,16). The van der Waals surface area contributed by atoms with E-state index in [1.165, 1.54) is 0 Å². The van der Waals surface area contributed by atoms with Crippen molar-refractivity contribution in [1.29, 1.82) is 0 Å². The van der Waals surface area contributed by atoms with Gasteiger partial charge in [0.2, 0.25) is 5.91 Å². The highest BCUT2D eigenvalue weighted by Crippen LogP contribution is 2.22. The predicted molar refractivity (Wildman–Crippen MR) is 72.6 cm³/mol. The molecule has 1 saturated carbocycles. The minimum atomic E-state index is -1.41. The summed E-state index contributed by atoms with van der Waals surface area (Å²) in [5, 5.41) is 2.29. The first-order valence-electron chi connectivity index (χ1n) is 6.06. The Balaban J connectivity index is 2.13. The van der Waals surface area contributed by atoms with Gasteiger partial charge in [0.25, 0.3) is 0 Å². The quantitative estimate of drug-likeness (QED) is 0.808. The molecule has 2 atom stereocenters. The van der Waals surface area contributed by atoms with E-state index in [-0.39, 0.29) is 11.9 Å². The highest BCUT2D eigenvalue weighted by molar-refractivity contribution is 7.86. The van der Waals surface area contributed by atoms with E-state index >= 15 is 0 Å². The van der Waals surface area contributed by atoms with Gasteiger partial charge in [0, 0.05) is 11.7 Å². The van der Waals surface area contributed by atoms with Crippen LogP contribution < -0.4 is 11.1 Å². The van der Waals surface area contributed by atoms with E-state index in [0.717, 1.165) is 18.4 Å². The van der Waals surface area contributed by atoms with Crippen molar-refractivity contribution in [3.05, 3.63) is 23.8 Å². The number of carbonyl (C=O) groups is 1. The van der Waals surface area contributed by atoms with E-state index in [1.807, 2.05) is 13.0 Å². The maximum absolute atomic E-state index is 12.3. The molecule has 0 aromatic heterocycles. The van der Waals surface area contributed by atoms with E-state index in [4.69, 9.17) is 5.73 Å². The first-order chi connectivity index (χ1) is 8.49. The highest BCUT2D eigenvalue weighted by atomic mass is 32.2. The average molecular weight is 266 g/mol. The number of aryl methyl sites for hydroxylation is 1. The third kappa shape index (κ3) is 2.90. The van der Waals surface area contributed by atoms with Crippen LogP contribution in [0.15, 0.2) is 23.1 Å². The van der Waals surface area contributed by atoms with Crippen molar-refractivity contribution in [2.75, 3.05) is 5.73 Å². The molecule has 0 radical (unpaired) electrons. The molecule has 1 aliphatic carbocycles. The number of rotatable bonds is 4. The lowest BCUT2D eigenvalue weighted by atomic mass is 10.2. The van der Waals surface area contributed by atoms with Gasteiger partial charge in [-0.3, -0.25) is 9.00 Å². The Kier molecular flexibility index (Phi) is 3.71. The average Bonchev–Trinajstić information content (AvgIpc) is 3.14. The van der Waals surface area contributed by atoms with Crippen molar-refractivity contribution in [3.8, 4) is 0 Å². The summed E-state index contributed by atoms with van der Waals surface area (Å²) in [6.07, 6.45) is 2.05. The predicted octanol–water partition coefficient (Wildman–Crippen LogP) is 1.35. The van der Waals surface area contributed by atoms with Gasteiger partial charge in [-0.2, -0.15) is 0 Å². The molecule has 3 N–H and O–H groups in total. The molecular weight excluding hydrogens is 248 g/mol. The monoisotopic (exact) mass is 266 g/mol. The lowest BCUT2D eigenvalue weighted by molar-refractivity contribution is -0.120. The van der Waals surface area contributed by atoms with E-state index in [9.17, 15) is 9.00 Å². The summed E-state index contributed by atoms with van der Waals surface area (Å²) in [6.45, 7) is 3.59. The molecule has 0 saturated heterocycles. The number of anilines is 1. The topological polar surface area (TPSA) is 72.2 Å². The van der Waals surface area contributed by atoms with Gasteiger partial charge in [0.15, 0.2) is 0 Å². The van der Waals surface area contributed by atoms with Crippen LogP contribution in [0.1, 0.15) is 25.3 Å². The van der Waals surface area contributed by atoms with Crippen LogP contribution in [0.5, 0.6) is 0 Å². The number of nitrogens with two attached hydrogens (primary N) is 1. The van der Waals surface area contributed by atoms with Crippen LogP contribution in [-0.4, -0.2) is 21.4 Å². The number of hydrogen-bond donors (Lipinski definition) is 2. The summed E-state index contributed by atoms with van der Waals surface area (Å²) in [6, 6.07) is 5.66. The molecule has 5 heteroatoms. The molecule has 1 fully saturated rings. The Morgan fingerprint density at radius 2 is 2.17 bits per heavy atom. The maximum Gasteiger partial charge on any atom is 0.236 e. The van der Waals surface area contributed by atoms with Crippen LogP contribution >= 0.6 is 0 Å². The Morgan fingerprint density at radius 3 is 2.78 bits per heavy atom. The number of amides is 1. The fourth-order valence-electron chi connectivity index (χ4n) is 1.65. The summed E-state index contributed by atoms with van der Waals surface area (Å²) >= 11 is 0. The lowest BCUT2D eigenvalue weighted by Gasteiger charge is -2.13. The Labute approximate surface area is 109 Å². The van der Waals surface area contributed by atoms with E-state index < -0.39 is 16.0 Å². The van der Waals surface area contributed by atoms with Crippen molar-refractivity contribution < 1.29 is 9.00 Å². The van der Waals surface area contributed by atoms with E-state index in [1.54, 1.807) is 19.1 Å². The summed E-state index contributed by atoms with van der Waals surface area (Å²) < 4.78 is 12.3. The normalized spacial score (nSPS) is 18.1. The van der Waals surface area contributed by atoms with Crippen LogP contribution in [0.3, 0.4) is 0 Å². The summed E-state index contributed by atoms with van der Waals surface area (Å²) in [5.41, 5.74) is 7.28. The van der Waals surface area contributed by atoms with Gasteiger partial charge in [-0.15, -0.1) is 0 Å². The molecule has 0 bridgehead atoms. The van der Waals surface area contributed by atoms with Crippen molar-refractivity contribution in [3.63, 3.8) is 0 Å². The molecule has 2 unspecified atom stereocenters. The molecule has 1 amide bonds. The molecule has 1 aromatic rings. The maximum atomic E-state index is 12.3. The van der Waals surface area contributed by atoms with Gasteiger partial charge in [0.05, 0.1) is 15.7 Å². The fraction of sp³-hybridized carbons (Fsp3) is 0.462. The molecule has 2 rings (SSSR count). The van der Waals surface area contributed by atoms with E-state index in [2.05, 4.69) is 5.32 Å². The van der Waals surface area contributed by atoms with Gasteiger partial charge in [-0.25, -0.2) is 0 Å². The van der Waals surface area contributed by atoms with Crippen molar-refractivity contribution in [2.24, 2.45) is 0 Å². The first kappa shape index (κ1) is 13.1. The Bertz CT molecular complexity index is 498. The minimum Gasteiger partial charge on any atom is -0.398 e. The largest absolute Gasteiger partial charge is 0.398 e. The number of nitrogen functional groups attached to an aromatic ring is 1. The zero-order chi connectivity index (χ0) is 13.3. The second kappa shape index (κ2) is 5.10. The third-order valence-corrected chi connectivity index (χ3v) is 4.64. The molecule has 1 aliphatic rings. The highest BCUT2D eigenvalue weighted by Gasteiger charge is 2.29. The van der Waals surface area contributed by atoms with Crippen LogP contribution in [0, 0.1) is 6.92 Å².